The van der Waals surface area contributed by atoms with E-state index in [2.05, 4.69) is 15.9 Å². The minimum atomic E-state index is 0.0712. The molecule has 0 aromatic heterocycles. The van der Waals surface area contributed by atoms with Gasteiger partial charge in [0.15, 0.2) is 0 Å². The zero-order valence-electron chi connectivity index (χ0n) is 10.3. The molecule has 1 aromatic carbocycles. The molecular formula is C13H16BrNO2S. The Morgan fingerprint density at radius 3 is 3.00 bits per heavy atom. The first kappa shape index (κ1) is 13.7. The van der Waals surface area contributed by atoms with E-state index >= 15 is 0 Å². The van der Waals surface area contributed by atoms with Gasteiger partial charge in [0.2, 0.25) is 0 Å². The molecule has 0 atom stereocenters. The van der Waals surface area contributed by atoms with Gasteiger partial charge in [0.05, 0.1) is 12.7 Å². The fourth-order valence-corrected chi connectivity index (χ4v) is 3.19. The average molecular weight is 330 g/mol. The quantitative estimate of drug-likeness (QED) is 0.835. The van der Waals surface area contributed by atoms with E-state index in [1.54, 1.807) is 7.11 Å². The Bertz CT molecular complexity index is 431. The Labute approximate surface area is 120 Å². The molecule has 1 aromatic rings. The number of hydrogen-bond donors (Lipinski definition) is 0. The van der Waals surface area contributed by atoms with Gasteiger partial charge in [-0.2, -0.15) is 11.8 Å². The molecule has 5 heteroatoms. The van der Waals surface area contributed by atoms with E-state index in [4.69, 9.17) is 4.74 Å². The predicted molar refractivity (Wildman–Crippen MR) is 78.5 cm³/mol. The zero-order valence-corrected chi connectivity index (χ0v) is 12.7. The topological polar surface area (TPSA) is 29.5 Å². The van der Waals surface area contributed by atoms with Gasteiger partial charge in [-0.25, -0.2) is 0 Å². The molecule has 0 spiro atoms. The molecule has 1 amide bonds. The lowest BCUT2D eigenvalue weighted by molar-refractivity contribution is 0.0765. The molecule has 1 aliphatic heterocycles. The largest absolute Gasteiger partial charge is 0.496 e. The van der Waals surface area contributed by atoms with Gasteiger partial charge >= 0.3 is 0 Å². The lowest BCUT2D eigenvalue weighted by atomic mass is 10.1. The summed E-state index contributed by atoms with van der Waals surface area (Å²) in [5, 5.41) is 0. The number of halogens is 1. The summed E-state index contributed by atoms with van der Waals surface area (Å²) >= 11 is 5.30. The van der Waals surface area contributed by atoms with E-state index < -0.39 is 0 Å². The van der Waals surface area contributed by atoms with Crippen LogP contribution in [0, 0.1) is 0 Å². The third-order valence-electron chi connectivity index (χ3n) is 2.90. The van der Waals surface area contributed by atoms with Gasteiger partial charge in [-0.05, 0) is 30.4 Å². The number of benzene rings is 1. The summed E-state index contributed by atoms with van der Waals surface area (Å²) < 4.78 is 6.21. The number of carbonyl (C=O) groups is 1. The van der Waals surface area contributed by atoms with Crippen LogP contribution in [0.25, 0.3) is 0 Å². The molecule has 0 unspecified atom stereocenters. The van der Waals surface area contributed by atoms with Crippen LogP contribution in [0.2, 0.25) is 0 Å². The monoisotopic (exact) mass is 329 g/mol. The Kier molecular flexibility index (Phi) is 4.95. The van der Waals surface area contributed by atoms with E-state index in [-0.39, 0.29) is 5.91 Å². The van der Waals surface area contributed by atoms with E-state index in [1.807, 2.05) is 34.9 Å². The first-order valence-corrected chi connectivity index (χ1v) is 7.87. The summed E-state index contributed by atoms with van der Waals surface area (Å²) in [5.74, 6) is 2.86. The van der Waals surface area contributed by atoms with E-state index in [9.17, 15) is 4.79 Å². The fraction of sp³-hybridized carbons (Fsp3) is 0.462. The van der Waals surface area contributed by atoms with Crippen LogP contribution >= 0.6 is 27.7 Å². The second-order valence-electron chi connectivity index (χ2n) is 4.10. The molecule has 1 aliphatic rings. The van der Waals surface area contributed by atoms with Crippen LogP contribution in [-0.4, -0.2) is 42.5 Å². The zero-order chi connectivity index (χ0) is 13.0. The highest BCUT2D eigenvalue weighted by molar-refractivity contribution is 9.10. The van der Waals surface area contributed by atoms with Gasteiger partial charge < -0.3 is 9.64 Å². The van der Waals surface area contributed by atoms with Crippen LogP contribution in [0.4, 0.5) is 0 Å². The van der Waals surface area contributed by atoms with Crippen LogP contribution in [0.1, 0.15) is 16.8 Å². The average Bonchev–Trinajstić information content (AvgIpc) is 2.66. The lowest BCUT2D eigenvalue weighted by Crippen LogP contribution is -2.33. The molecule has 18 heavy (non-hydrogen) atoms. The number of carbonyl (C=O) groups excluding carboxylic acids is 1. The molecule has 0 N–H and O–H groups in total. The van der Waals surface area contributed by atoms with Gasteiger partial charge in [-0.1, -0.05) is 15.9 Å². The standard InChI is InChI=1S/C13H16BrNO2S/c1-17-12-9-10(14)3-4-11(12)13(16)15-5-2-7-18-8-6-15/h3-4,9H,2,5-8H2,1H3. The highest BCUT2D eigenvalue weighted by Gasteiger charge is 2.20. The minimum absolute atomic E-state index is 0.0712. The first-order valence-electron chi connectivity index (χ1n) is 5.93. The van der Waals surface area contributed by atoms with Crippen LogP contribution in [0.15, 0.2) is 22.7 Å². The van der Waals surface area contributed by atoms with Gasteiger partial charge in [-0.3, -0.25) is 4.79 Å². The summed E-state index contributed by atoms with van der Waals surface area (Å²) in [5.41, 5.74) is 0.646. The van der Waals surface area contributed by atoms with Crippen LogP contribution in [0.3, 0.4) is 0 Å². The smallest absolute Gasteiger partial charge is 0.257 e. The van der Waals surface area contributed by atoms with Crippen LogP contribution in [-0.2, 0) is 0 Å². The van der Waals surface area contributed by atoms with E-state index in [1.165, 1.54) is 0 Å². The Hall–Kier alpha value is -0.680. The maximum atomic E-state index is 12.5. The molecule has 1 fully saturated rings. The van der Waals surface area contributed by atoms with Crippen molar-refractivity contribution in [1.29, 1.82) is 0 Å². The van der Waals surface area contributed by atoms with Gasteiger partial charge in [0.1, 0.15) is 5.75 Å². The second kappa shape index (κ2) is 6.48. The summed E-state index contributed by atoms with van der Waals surface area (Å²) in [6.07, 6.45) is 1.06. The summed E-state index contributed by atoms with van der Waals surface area (Å²) in [4.78, 5) is 14.4. The SMILES string of the molecule is COc1cc(Br)ccc1C(=O)N1CCCSCC1. The molecule has 0 bridgehead atoms. The molecule has 0 radical (unpaired) electrons. The van der Waals surface area contributed by atoms with Crippen molar-refractivity contribution in [1.82, 2.24) is 4.90 Å². The van der Waals surface area contributed by atoms with Gasteiger partial charge in [0, 0.05) is 23.3 Å². The van der Waals surface area contributed by atoms with Crippen molar-refractivity contribution < 1.29 is 9.53 Å². The van der Waals surface area contributed by atoms with E-state index in [0.717, 1.165) is 35.5 Å². The number of methoxy groups -OCH3 is 1. The molecule has 98 valence electrons. The number of hydrogen-bond acceptors (Lipinski definition) is 3. The molecule has 2 rings (SSSR count). The molecule has 0 saturated carbocycles. The minimum Gasteiger partial charge on any atom is -0.496 e. The third kappa shape index (κ3) is 3.20. The number of rotatable bonds is 2. The predicted octanol–water partition coefficient (Wildman–Crippen LogP) is 3.04. The van der Waals surface area contributed by atoms with E-state index in [0.29, 0.717) is 11.3 Å². The summed E-state index contributed by atoms with van der Waals surface area (Å²) in [7, 11) is 1.59. The van der Waals surface area contributed by atoms with Crippen LogP contribution in [0.5, 0.6) is 5.75 Å². The Morgan fingerprint density at radius 1 is 1.39 bits per heavy atom. The summed E-state index contributed by atoms with van der Waals surface area (Å²) in [6.45, 7) is 1.66. The molecule has 3 nitrogen and oxygen atoms in total. The second-order valence-corrected chi connectivity index (χ2v) is 6.24. The lowest BCUT2D eigenvalue weighted by Gasteiger charge is -2.21. The van der Waals surface area contributed by atoms with Crippen molar-refractivity contribution in [3.8, 4) is 5.75 Å². The molecule has 0 aliphatic carbocycles. The van der Waals surface area contributed by atoms with Crippen molar-refractivity contribution in [2.24, 2.45) is 0 Å². The van der Waals surface area contributed by atoms with Crippen molar-refractivity contribution in [2.75, 3.05) is 31.7 Å². The summed E-state index contributed by atoms with van der Waals surface area (Å²) in [6, 6.07) is 5.53. The normalized spacial score (nSPS) is 16.2. The number of nitrogens with zero attached hydrogens (tertiary/aromatic N) is 1. The number of amides is 1. The fourth-order valence-electron chi connectivity index (χ4n) is 1.96. The molecule has 1 saturated heterocycles. The molecular weight excluding hydrogens is 314 g/mol. The highest BCUT2D eigenvalue weighted by atomic mass is 79.9. The molecule has 1 heterocycles. The Balaban J connectivity index is 2.21. The van der Waals surface area contributed by atoms with Gasteiger partial charge in [-0.15, -0.1) is 0 Å². The maximum Gasteiger partial charge on any atom is 0.257 e. The number of thioether (sulfide) groups is 1. The van der Waals surface area contributed by atoms with Crippen molar-refractivity contribution in [3.05, 3.63) is 28.2 Å². The first-order chi connectivity index (χ1) is 8.72. The third-order valence-corrected chi connectivity index (χ3v) is 4.45. The van der Waals surface area contributed by atoms with Gasteiger partial charge in [0.25, 0.3) is 5.91 Å². The van der Waals surface area contributed by atoms with Crippen LogP contribution < -0.4 is 4.74 Å². The Morgan fingerprint density at radius 2 is 2.22 bits per heavy atom. The maximum absolute atomic E-state index is 12.5. The van der Waals surface area contributed by atoms with Crippen molar-refractivity contribution in [2.45, 2.75) is 6.42 Å². The van der Waals surface area contributed by atoms with Crippen molar-refractivity contribution >= 4 is 33.6 Å². The number of ether oxygens (including phenoxy) is 1. The van der Waals surface area contributed by atoms with Crippen molar-refractivity contribution in [3.63, 3.8) is 0 Å². The highest BCUT2D eigenvalue weighted by Crippen LogP contribution is 2.25.